The molecule has 2 aromatic heterocycles. The molecule has 5 nitrogen and oxygen atoms in total. The Morgan fingerprint density at radius 2 is 2.07 bits per heavy atom. The Morgan fingerprint density at radius 1 is 1.36 bits per heavy atom. The molecule has 2 aromatic rings. The first-order valence-corrected chi connectivity index (χ1v) is 3.95. The number of nitrogens with two attached hydrogens (primary N) is 1. The highest BCUT2D eigenvalue weighted by molar-refractivity contribution is 5.85. The van der Waals surface area contributed by atoms with Crippen LogP contribution in [-0.4, -0.2) is 19.6 Å². The van der Waals surface area contributed by atoms with Gasteiger partial charge in [0.25, 0.3) is 0 Å². The number of nitrogen functional groups attached to an aromatic ring is 1. The molecule has 0 aliphatic heterocycles. The number of nitrogens with zero attached hydrogens (tertiary/aromatic N) is 4. The van der Waals surface area contributed by atoms with Crippen molar-refractivity contribution >= 4 is 18.2 Å². The molecule has 0 atom stereocenters. The highest BCUT2D eigenvalue weighted by atomic mass is 35.5. The van der Waals surface area contributed by atoms with Crippen LogP contribution in [0.25, 0.3) is 11.3 Å². The zero-order chi connectivity index (χ0) is 9.42. The van der Waals surface area contributed by atoms with Crippen LogP contribution in [0.5, 0.6) is 0 Å². The molecule has 14 heavy (non-hydrogen) atoms. The van der Waals surface area contributed by atoms with Gasteiger partial charge in [-0.2, -0.15) is 10.2 Å². The minimum Gasteiger partial charge on any atom is -0.384 e. The lowest BCUT2D eigenvalue weighted by Crippen LogP contribution is -1.96. The molecule has 0 amide bonds. The molecule has 76 valence electrons. The summed E-state index contributed by atoms with van der Waals surface area (Å²) >= 11 is 0. The van der Waals surface area contributed by atoms with Gasteiger partial charge in [0.15, 0.2) is 0 Å². The Kier molecular flexibility index (Phi) is 2.81. The highest BCUT2D eigenvalue weighted by Crippen LogP contribution is 2.18. The fourth-order valence-corrected chi connectivity index (χ4v) is 1.18. The maximum atomic E-state index is 5.66. The number of aryl methyl sites for hydroxylation is 2. The second-order valence-corrected chi connectivity index (χ2v) is 2.98. The number of anilines is 1. The van der Waals surface area contributed by atoms with Crippen LogP contribution in [-0.2, 0) is 14.1 Å². The van der Waals surface area contributed by atoms with Crippen molar-refractivity contribution < 1.29 is 0 Å². The molecule has 0 aliphatic carbocycles. The molecular weight excluding hydrogens is 202 g/mol. The summed E-state index contributed by atoms with van der Waals surface area (Å²) in [6, 6.07) is 1.83. The number of hydrogen-bond donors (Lipinski definition) is 1. The van der Waals surface area contributed by atoms with E-state index in [0.29, 0.717) is 5.82 Å². The van der Waals surface area contributed by atoms with Gasteiger partial charge in [0, 0.05) is 31.9 Å². The normalized spacial score (nSPS) is 9.86. The average molecular weight is 214 g/mol. The van der Waals surface area contributed by atoms with Gasteiger partial charge in [0.1, 0.15) is 5.82 Å². The standard InChI is InChI=1S/C8H11N5.ClH/c1-12-5-6(4-10-12)7-3-8(9)13(2)11-7;/h3-5H,9H2,1-2H3;1H. The third-order valence-corrected chi connectivity index (χ3v) is 1.92. The van der Waals surface area contributed by atoms with Crippen LogP contribution in [0.15, 0.2) is 18.5 Å². The van der Waals surface area contributed by atoms with Gasteiger partial charge in [0.05, 0.1) is 11.9 Å². The van der Waals surface area contributed by atoms with Crippen molar-refractivity contribution in [3.63, 3.8) is 0 Å². The molecule has 2 N–H and O–H groups in total. The molecule has 0 spiro atoms. The Balaban J connectivity index is 0.000000980. The number of halogens is 1. The summed E-state index contributed by atoms with van der Waals surface area (Å²) in [7, 11) is 3.69. The van der Waals surface area contributed by atoms with E-state index < -0.39 is 0 Å². The van der Waals surface area contributed by atoms with Crippen LogP contribution in [0, 0.1) is 0 Å². The summed E-state index contributed by atoms with van der Waals surface area (Å²) in [5.41, 5.74) is 7.49. The molecule has 2 heterocycles. The topological polar surface area (TPSA) is 61.7 Å². The number of aromatic nitrogens is 4. The van der Waals surface area contributed by atoms with E-state index >= 15 is 0 Å². The third-order valence-electron chi connectivity index (χ3n) is 1.92. The van der Waals surface area contributed by atoms with Gasteiger partial charge in [-0.25, -0.2) is 0 Å². The van der Waals surface area contributed by atoms with E-state index in [1.165, 1.54) is 0 Å². The van der Waals surface area contributed by atoms with Gasteiger partial charge >= 0.3 is 0 Å². The van der Waals surface area contributed by atoms with Crippen molar-refractivity contribution in [2.75, 3.05) is 5.73 Å². The van der Waals surface area contributed by atoms with Gasteiger partial charge in [-0.1, -0.05) is 0 Å². The fraction of sp³-hybridized carbons (Fsp3) is 0.250. The van der Waals surface area contributed by atoms with Gasteiger partial charge < -0.3 is 5.73 Å². The Bertz CT molecular complexity index is 411. The van der Waals surface area contributed by atoms with E-state index in [-0.39, 0.29) is 12.4 Å². The third kappa shape index (κ3) is 1.72. The monoisotopic (exact) mass is 213 g/mol. The lowest BCUT2D eigenvalue weighted by atomic mass is 10.3. The number of rotatable bonds is 1. The number of hydrogen-bond acceptors (Lipinski definition) is 3. The summed E-state index contributed by atoms with van der Waals surface area (Å²) in [5, 5.41) is 8.29. The van der Waals surface area contributed by atoms with Crippen LogP contribution >= 0.6 is 12.4 Å². The zero-order valence-electron chi connectivity index (χ0n) is 8.01. The molecule has 0 fully saturated rings. The van der Waals surface area contributed by atoms with Crippen molar-refractivity contribution in [2.45, 2.75) is 0 Å². The first-order chi connectivity index (χ1) is 6.16. The molecule has 0 aliphatic rings. The van der Waals surface area contributed by atoms with Crippen LogP contribution in [0.2, 0.25) is 0 Å². The minimum absolute atomic E-state index is 0. The van der Waals surface area contributed by atoms with Gasteiger partial charge in [-0.3, -0.25) is 9.36 Å². The molecule has 0 unspecified atom stereocenters. The molecule has 2 rings (SSSR count). The molecule has 0 radical (unpaired) electrons. The predicted molar refractivity (Wildman–Crippen MR) is 57.1 cm³/mol. The predicted octanol–water partition coefficient (Wildman–Crippen LogP) is 0.825. The van der Waals surface area contributed by atoms with Gasteiger partial charge in [-0.05, 0) is 0 Å². The largest absolute Gasteiger partial charge is 0.384 e. The Hall–Kier alpha value is -1.49. The second-order valence-electron chi connectivity index (χ2n) is 2.98. The maximum Gasteiger partial charge on any atom is 0.121 e. The van der Waals surface area contributed by atoms with Crippen LogP contribution < -0.4 is 5.73 Å². The van der Waals surface area contributed by atoms with Crippen LogP contribution in [0.4, 0.5) is 5.82 Å². The van der Waals surface area contributed by atoms with E-state index in [9.17, 15) is 0 Å². The molecule has 0 aromatic carbocycles. The molecule has 6 heteroatoms. The van der Waals surface area contributed by atoms with E-state index in [0.717, 1.165) is 11.3 Å². The minimum atomic E-state index is 0. The van der Waals surface area contributed by atoms with E-state index in [1.807, 2.05) is 26.4 Å². The first-order valence-electron chi connectivity index (χ1n) is 3.95. The van der Waals surface area contributed by atoms with Crippen molar-refractivity contribution in [1.82, 2.24) is 19.6 Å². The molecule has 0 saturated carbocycles. The molecule has 0 bridgehead atoms. The Labute approximate surface area is 87.9 Å². The fourth-order valence-electron chi connectivity index (χ4n) is 1.18. The van der Waals surface area contributed by atoms with Crippen molar-refractivity contribution in [3.8, 4) is 11.3 Å². The summed E-state index contributed by atoms with van der Waals surface area (Å²) in [5.74, 6) is 0.652. The lowest BCUT2D eigenvalue weighted by Gasteiger charge is -1.89. The summed E-state index contributed by atoms with van der Waals surface area (Å²) < 4.78 is 3.38. The Morgan fingerprint density at radius 3 is 2.50 bits per heavy atom. The summed E-state index contributed by atoms with van der Waals surface area (Å²) in [6.07, 6.45) is 3.67. The van der Waals surface area contributed by atoms with E-state index in [2.05, 4.69) is 10.2 Å². The SMILES string of the molecule is Cl.Cn1cc(-c2cc(N)n(C)n2)cn1. The summed E-state index contributed by atoms with van der Waals surface area (Å²) in [6.45, 7) is 0. The smallest absolute Gasteiger partial charge is 0.121 e. The van der Waals surface area contributed by atoms with E-state index in [1.54, 1.807) is 15.6 Å². The molecular formula is C8H12ClN5. The van der Waals surface area contributed by atoms with Crippen molar-refractivity contribution in [2.24, 2.45) is 14.1 Å². The van der Waals surface area contributed by atoms with Crippen molar-refractivity contribution in [1.29, 1.82) is 0 Å². The summed E-state index contributed by atoms with van der Waals surface area (Å²) in [4.78, 5) is 0. The van der Waals surface area contributed by atoms with Crippen LogP contribution in [0.1, 0.15) is 0 Å². The first kappa shape index (κ1) is 10.6. The second kappa shape index (κ2) is 3.71. The average Bonchev–Trinajstić information content (AvgIpc) is 2.61. The van der Waals surface area contributed by atoms with Crippen molar-refractivity contribution in [3.05, 3.63) is 18.5 Å². The zero-order valence-corrected chi connectivity index (χ0v) is 8.82. The quantitative estimate of drug-likeness (QED) is 0.763. The van der Waals surface area contributed by atoms with E-state index in [4.69, 9.17) is 5.73 Å². The van der Waals surface area contributed by atoms with Gasteiger partial charge in [0.2, 0.25) is 0 Å². The lowest BCUT2D eigenvalue weighted by molar-refractivity contribution is 0.767. The van der Waals surface area contributed by atoms with Crippen LogP contribution in [0.3, 0.4) is 0 Å². The van der Waals surface area contributed by atoms with Gasteiger partial charge in [-0.15, -0.1) is 12.4 Å². The molecule has 0 saturated heterocycles. The highest BCUT2D eigenvalue weighted by Gasteiger charge is 2.05. The maximum absolute atomic E-state index is 5.66.